The molecule has 4 aliphatic carbocycles. The lowest BCUT2D eigenvalue weighted by Gasteiger charge is -2.56. The van der Waals surface area contributed by atoms with Crippen molar-refractivity contribution < 1.29 is 24.0 Å². The Morgan fingerprint density at radius 3 is 2.22 bits per heavy atom. The monoisotopic (exact) mass is 444 g/mol. The summed E-state index contributed by atoms with van der Waals surface area (Å²) in [5, 5.41) is 13.5. The van der Waals surface area contributed by atoms with Crippen molar-refractivity contribution in [2.75, 3.05) is 13.7 Å². The van der Waals surface area contributed by atoms with E-state index in [0.29, 0.717) is 6.42 Å². The number of benzene rings is 1. The summed E-state index contributed by atoms with van der Waals surface area (Å²) in [4.78, 5) is 47.2. The van der Waals surface area contributed by atoms with Gasteiger partial charge in [-0.3, -0.25) is 35.3 Å². The topological polar surface area (TPSA) is 140 Å². The first-order valence-electron chi connectivity index (χ1n) is 11.0. The van der Waals surface area contributed by atoms with E-state index < -0.39 is 16.7 Å². The van der Waals surface area contributed by atoms with Crippen LogP contribution in [0.4, 0.5) is 5.69 Å². The lowest BCUT2D eigenvalue weighted by atomic mass is 9.49. The fourth-order valence-corrected chi connectivity index (χ4v) is 6.31. The van der Waals surface area contributed by atoms with Crippen LogP contribution in [0.15, 0.2) is 18.2 Å². The SMILES string of the molecule is COc1ccc(C(=O)NCC(=O)NNC(=O)CC23CC4CC(CC(C4)C2)C3)cc1[N+](=O)[O-]. The van der Waals surface area contributed by atoms with Crippen molar-refractivity contribution in [1.29, 1.82) is 0 Å². The van der Waals surface area contributed by atoms with Gasteiger partial charge < -0.3 is 10.1 Å². The summed E-state index contributed by atoms with van der Waals surface area (Å²) in [5.74, 6) is 0.822. The Morgan fingerprint density at radius 2 is 1.66 bits per heavy atom. The van der Waals surface area contributed by atoms with Gasteiger partial charge in [0.15, 0.2) is 5.75 Å². The van der Waals surface area contributed by atoms with Crippen molar-refractivity contribution in [2.45, 2.75) is 44.9 Å². The van der Waals surface area contributed by atoms with E-state index in [2.05, 4.69) is 16.2 Å². The number of carbonyl (C=O) groups is 3. The molecule has 0 saturated heterocycles. The Bertz CT molecular complexity index is 911. The van der Waals surface area contributed by atoms with E-state index in [1.165, 1.54) is 38.5 Å². The minimum atomic E-state index is -0.651. The van der Waals surface area contributed by atoms with Gasteiger partial charge in [0, 0.05) is 18.1 Å². The molecule has 10 nitrogen and oxygen atoms in total. The molecule has 0 radical (unpaired) electrons. The van der Waals surface area contributed by atoms with Gasteiger partial charge in [-0.05, 0) is 73.8 Å². The van der Waals surface area contributed by atoms with Crippen LogP contribution in [0.2, 0.25) is 0 Å². The van der Waals surface area contributed by atoms with Crippen LogP contribution in [0.25, 0.3) is 0 Å². The highest BCUT2D eigenvalue weighted by molar-refractivity contribution is 5.97. The highest BCUT2D eigenvalue weighted by Gasteiger charge is 2.51. The van der Waals surface area contributed by atoms with Crippen molar-refractivity contribution in [1.82, 2.24) is 16.2 Å². The van der Waals surface area contributed by atoms with Crippen LogP contribution in [0.1, 0.15) is 55.3 Å². The minimum absolute atomic E-state index is 0.0242. The molecule has 3 amide bonds. The van der Waals surface area contributed by atoms with Crippen molar-refractivity contribution >= 4 is 23.4 Å². The zero-order valence-electron chi connectivity index (χ0n) is 18.0. The van der Waals surface area contributed by atoms with Crippen LogP contribution in [0.5, 0.6) is 5.75 Å². The molecule has 0 heterocycles. The second-order valence-electron chi connectivity index (χ2n) is 9.52. The summed E-state index contributed by atoms with van der Waals surface area (Å²) in [7, 11) is 1.30. The Kier molecular flexibility index (Phi) is 6.03. The summed E-state index contributed by atoms with van der Waals surface area (Å²) < 4.78 is 4.90. The summed E-state index contributed by atoms with van der Waals surface area (Å²) in [5.41, 5.74) is 4.55. The molecule has 3 N–H and O–H groups in total. The molecule has 10 heteroatoms. The predicted octanol–water partition coefficient (Wildman–Crippen LogP) is 2.09. The number of ether oxygens (including phenoxy) is 1. The number of amides is 3. The molecule has 1 aromatic rings. The maximum absolute atomic E-state index is 12.5. The first-order chi connectivity index (χ1) is 15.3. The third-order valence-corrected chi connectivity index (χ3v) is 7.09. The number of nitro groups is 1. The first kappa shape index (κ1) is 22.0. The maximum Gasteiger partial charge on any atom is 0.311 e. The van der Waals surface area contributed by atoms with Gasteiger partial charge in [0.2, 0.25) is 5.91 Å². The summed E-state index contributed by atoms with van der Waals surface area (Å²) in [6, 6.07) is 3.77. The van der Waals surface area contributed by atoms with E-state index in [1.54, 1.807) is 0 Å². The van der Waals surface area contributed by atoms with Gasteiger partial charge in [0.1, 0.15) is 0 Å². The lowest BCUT2D eigenvalue weighted by molar-refractivity contribution is -0.385. The standard InChI is InChI=1S/C22H28N4O6/c1-32-18-3-2-16(7-17(18)26(30)31)21(29)23-12-20(28)25-24-19(27)11-22-8-13-4-14(9-22)6-15(5-13)10-22/h2-3,7,13-15H,4-6,8-12H2,1H3,(H,23,29)(H,24,27)(H,25,28). The summed E-state index contributed by atoms with van der Waals surface area (Å²) in [6.45, 7) is -0.379. The smallest absolute Gasteiger partial charge is 0.311 e. The van der Waals surface area contributed by atoms with Gasteiger partial charge in [0.25, 0.3) is 11.8 Å². The molecular weight excluding hydrogens is 416 g/mol. The van der Waals surface area contributed by atoms with Crippen molar-refractivity contribution in [2.24, 2.45) is 23.2 Å². The third-order valence-electron chi connectivity index (χ3n) is 7.09. The first-order valence-corrected chi connectivity index (χ1v) is 11.0. The number of hydrogen-bond donors (Lipinski definition) is 3. The molecule has 0 aliphatic heterocycles. The average Bonchev–Trinajstić information content (AvgIpc) is 2.74. The zero-order valence-corrected chi connectivity index (χ0v) is 18.0. The van der Waals surface area contributed by atoms with E-state index in [0.717, 1.165) is 43.1 Å². The van der Waals surface area contributed by atoms with Crippen LogP contribution in [0, 0.1) is 33.3 Å². The van der Waals surface area contributed by atoms with Gasteiger partial charge in [-0.25, -0.2) is 0 Å². The Balaban J connectivity index is 1.23. The fourth-order valence-electron chi connectivity index (χ4n) is 6.31. The second kappa shape index (κ2) is 8.76. The molecule has 32 heavy (non-hydrogen) atoms. The molecule has 0 atom stereocenters. The Labute approximate surface area is 185 Å². The highest BCUT2D eigenvalue weighted by atomic mass is 16.6. The van der Waals surface area contributed by atoms with E-state index >= 15 is 0 Å². The van der Waals surface area contributed by atoms with Gasteiger partial charge in [-0.2, -0.15) is 0 Å². The van der Waals surface area contributed by atoms with Gasteiger partial charge >= 0.3 is 5.69 Å². The van der Waals surface area contributed by atoms with Crippen LogP contribution in [0.3, 0.4) is 0 Å². The van der Waals surface area contributed by atoms with E-state index in [9.17, 15) is 24.5 Å². The van der Waals surface area contributed by atoms with Crippen molar-refractivity contribution in [3.05, 3.63) is 33.9 Å². The van der Waals surface area contributed by atoms with Gasteiger partial charge in [0.05, 0.1) is 18.6 Å². The molecule has 0 aromatic heterocycles. The molecule has 4 aliphatic rings. The molecule has 0 unspecified atom stereocenters. The second-order valence-corrected chi connectivity index (χ2v) is 9.52. The zero-order chi connectivity index (χ0) is 22.9. The predicted molar refractivity (Wildman–Crippen MR) is 113 cm³/mol. The number of hydrazine groups is 1. The number of methoxy groups -OCH3 is 1. The maximum atomic E-state index is 12.5. The van der Waals surface area contributed by atoms with E-state index in [-0.39, 0.29) is 34.9 Å². The fraction of sp³-hybridized carbons (Fsp3) is 0.591. The molecule has 172 valence electrons. The van der Waals surface area contributed by atoms with Crippen molar-refractivity contribution in [3.63, 3.8) is 0 Å². The van der Waals surface area contributed by atoms with E-state index in [1.807, 2.05) is 0 Å². The molecule has 4 fully saturated rings. The quantitative estimate of drug-likeness (QED) is 0.435. The van der Waals surface area contributed by atoms with E-state index in [4.69, 9.17) is 4.74 Å². The lowest BCUT2D eigenvalue weighted by Crippen LogP contribution is -2.51. The largest absolute Gasteiger partial charge is 0.490 e. The number of nitro benzene ring substituents is 1. The van der Waals surface area contributed by atoms with Gasteiger partial charge in [-0.15, -0.1) is 0 Å². The molecule has 1 aromatic carbocycles. The molecule has 4 bridgehead atoms. The Hall–Kier alpha value is -3.17. The molecule has 5 rings (SSSR count). The minimum Gasteiger partial charge on any atom is -0.490 e. The summed E-state index contributed by atoms with van der Waals surface area (Å²) >= 11 is 0. The molecule has 4 saturated carbocycles. The number of nitrogens with zero attached hydrogens (tertiary/aromatic N) is 1. The number of carbonyl (C=O) groups excluding carboxylic acids is 3. The van der Waals surface area contributed by atoms with Gasteiger partial charge in [-0.1, -0.05) is 0 Å². The number of rotatable bonds is 7. The number of hydrogen-bond acceptors (Lipinski definition) is 6. The average molecular weight is 444 g/mol. The normalized spacial score (nSPS) is 27.5. The van der Waals surface area contributed by atoms with Crippen LogP contribution in [-0.2, 0) is 9.59 Å². The van der Waals surface area contributed by atoms with Crippen LogP contribution in [-0.4, -0.2) is 36.3 Å². The van der Waals surface area contributed by atoms with Crippen molar-refractivity contribution in [3.8, 4) is 5.75 Å². The third kappa shape index (κ3) is 4.68. The highest BCUT2D eigenvalue weighted by Crippen LogP contribution is 2.61. The number of nitrogens with one attached hydrogen (secondary N) is 3. The molecular formula is C22H28N4O6. The Morgan fingerprint density at radius 1 is 1.06 bits per heavy atom. The molecule has 0 spiro atoms. The van der Waals surface area contributed by atoms with Crippen LogP contribution < -0.4 is 20.9 Å². The summed E-state index contributed by atoms with van der Waals surface area (Å²) in [6.07, 6.45) is 7.62. The van der Waals surface area contributed by atoms with Crippen LogP contribution >= 0.6 is 0 Å².